The zero-order valence-corrected chi connectivity index (χ0v) is 13.1. The van der Waals surface area contributed by atoms with Crippen LogP contribution in [-0.2, 0) is 0 Å². The summed E-state index contributed by atoms with van der Waals surface area (Å²) in [7, 11) is 0. The third kappa shape index (κ3) is 3.17. The molecule has 3 aromatic rings. The number of aliphatic hydroxyl groups excluding tert-OH is 1. The minimum atomic E-state index is -0.786. The lowest BCUT2D eigenvalue weighted by molar-refractivity contribution is 0.240. The largest absolute Gasteiger partial charge is 0.376 e. The van der Waals surface area contributed by atoms with Crippen LogP contribution in [0.2, 0.25) is 0 Å². The third-order valence-electron chi connectivity index (χ3n) is 3.56. The minimum absolute atomic E-state index is 0.786. The van der Waals surface area contributed by atoms with Gasteiger partial charge in [0.1, 0.15) is 6.10 Å². The lowest BCUT2D eigenvalue weighted by atomic mass is 10.0. The van der Waals surface area contributed by atoms with Crippen LogP contribution in [0.3, 0.4) is 0 Å². The van der Waals surface area contributed by atoms with Gasteiger partial charge in [-0.25, -0.2) is 0 Å². The molecule has 0 saturated heterocycles. The van der Waals surface area contributed by atoms with E-state index in [1.165, 1.54) is 4.90 Å². The Kier molecular flexibility index (Phi) is 4.48. The summed E-state index contributed by atoms with van der Waals surface area (Å²) in [6.07, 6.45) is 1.26. The Hall–Kier alpha value is -2.21. The van der Waals surface area contributed by atoms with Crippen molar-refractivity contribution in [2.75, 3.05) is 6.26 Å². The Morgan fingerprint density at radius 3 is 2.41 bits per heavy atom. The average Bonchev–Trinajstić information content (AvgIpc) is 2.59. The van der Waals surface area contributed by atoms with Gasteiger partial charge >= 0.3 is 0 Å². The van der Waals surface area contributed by atoms with E-state index in [9.17, 15) is 5.11 Å². The van der Waals surface area contributed by atoms with Gasteiger partial charge in [-0.3, -0.25) is 0 Å². The second-order valence-corrected chi connectivity index (χ2v) is 5.85. The molecule has 1 N–H and O–H groups in total. The summed E-state index contributed by atoms with van der Waals surface area (Å²) in [4.78, 5) is 1.21. The maximum Gasteiger partial charge on any atom is 0.141 e. The molecule has 1 atom stereocenters. The van der Waals surface area contributed by atoms with Gasteiger partial charge in [0.15, 0.2) is 0 Å². The molecule has 0 aliphatic rings. The summed E-state index contributed by atoms with van der Waals surface area (Å²) in [6.45, 7) is 0. The Morgan fingerprint density at radius 2 is 1.64 bits per heavy atom. The molecular formula is C20H16OS. The molecular weight excluding hydrogens is 288 g/mol. The standard InChI is InChI=1S/C20H16OS/c1-22-17-12-9-15(10-13-17)11-14-20(21)19-8-4-6-16-5-2-3-7-18(16)19/h2-10,12-13,20-21H,1H3. The van der Waals surface area contributed by atoms with Gasteiger partial charge in [-0.1, -0.05) is 54.3 Å². The van der Waals surface area contributed by atoms with Crippen molar-refractivity contribution in [2.45, 2.75) is 11.0 Å². The van der Waals surface area contributed by atoms with Gasteiger partial charge < -0.3 is 5.11 Å². The summed E-state index contributed by atoms with van der Waals surface area (Å²) < 4.78 is 0. The number of hydrogen-bond acceptors (Lipinski definition) is 2. The van der Waals surface area contributed by atoms with E-state index in [1.54, 1.807) is 11.8 Å². The van der Waals surface area contributed by atoms with Gasteiger partial charge in [0, 0.05) is 16.0 Å². The minimum Gasteiger partial charge on any atom is -0.376 e. The van der Waals surface area contributed by atoms with Gasteiger partial charge in [0.05, 0.1) is 0 Å². The number of rotatable bonds is 2. The first-order valence-corrected chi connectivity index (χ1v) is 8.32. The number of thioether (sulfide) groups is 1. The molecule has 0 bridgehead atoms. The number of aliphatic hydroxyl groups is 1. The molecule has 108 valence electrons. The van der Waals surface area contributed by atoms with Crippen molar-refractivity contribution < 1.29 is 5.11 Å². The van der Waals surface area contributed by atoms with Crippen LogP contribution < -0.4 is 0 Å². The maximum absolute atomic E-state index is 10.4. The molecule has 22 heavy (non-hydrogen) atoms. The fourth-order valence-corrected chi connectivity index (χ4v) is 2.80. The van der Waals surface area contributed by atoms with E-state index < -0.39 is 6.10 Å². The van der Waals surface area contributed by atoms with E-state index in [0.29, 0.717) is 0 Å². The van der Waals surface area contributed by atoms with E-state index in [0.717, 1.165) is 21.9 Å². The number of benzene rings is 3. The molecule has 3 rings (SSSR count). The summed E-state index contributed by atoms with van der Waals surface area (Å²) in [5.41, 5.74) is 1.77. The van der Waals surface area contributed by atoms with Gasteiger partial charge in [-0.15, -0.1) is 11.8 Å². The van der Waals surface area contributed by atoms with Crippen molar-refractivity contribution in [3.05, 3.63) is 77.9 Å². The molecule has 0 amide bonds. The molecule has 2 heteroatoms. The van der Waals surface area contributed by atoms with Crippen LogP contribution in [0.4, 0.5) is 0 Å². The molecule has 0 radical (unpaired) electrons. The highest BCUT2D eigenvalue weighted by Gasteiger charge is 2.07. The normalized spacial score (nSPS) is 11.7. The van der Waals surface area contributed by atoms with E-state index >= 15 is 0 Å². The van der Waals surface area contributed by atoms with Crippen LogP contribution in [0.15, 0.2) is 71.6 Å². The van der Waals surface area contributed by atoms with E-state index in [4.69, 9.17) is 0 Å². The molecule has 0 fully saturated rings. The first-order chi connectivity index (χ1) is 10.8. The lowest BCUT2D eigenvalue weighted by Gasteiger charge is -2.08. The van der Waals surface area contributed by atoms with Crippen molar-refractivity contribution in [3.63, 3.8) is 0 Å². The van der Waals surface area contributed by atoms with Crippen LogP contribution >= 0.6 is 11.8 Å². The molecule has 0 spiro atoms. The van der Waals surface area contributed by atoms with Crippen LogP contribution in [0.25, 0.3) is 10.8 Å². The maximum atomic E-state index is 10.4. The van der Waals surface area contributed by atoms with Crippen molar-refractivity contribution in [3.8, 4) is 11.8 Å². The summed E-state index contributed by atoms with van der Waals surface area (Å²) in [6, 6.07) is 22.0. The predicted molar refractivity (Wildman–Crippen MR) is 94.0 cm³/mol. The third-order valence-corrected chi connectivity index (χ3v) is 4.30. The van der Waals surface area contributed by atoms with Crippen LogP contribution in [-0.4, -0.2) is 11.4 Å². The van der Waals surface area contributed by atoms with Crippen molar-refractivity contribution in [1.29, 1.82) is 0 Å². The smallest absolute Gasteiger partial charge is 0.141 e. The number of fused-ring (bicyclic) bond motifs is 1. The summed E-state index contributed by atoms with van der Waals surface area (Å²) in [5, 5.41) is 12.6. The van der Waals surface area contributed by atoms with Gasteiger partial charge in [0.2, 0.25) is 0 Å². The summed E-state index contributed by atoms with van der Waals surface area (Å²) in [5.74, 6) is 5.99. The molecule has 1 nitrogen and oxygen atoms in total. The molecule has 0 saturated carbocycles. The topological polar surface area (TPSA) is 20.2 Å². The first-order valence-electron chi connectivity index (χ1n) is 7.09. The Morgan fingerprint density at radius 1 is 0.909 bits per heavy atom. The molecule has 0 heterocycles. The SMILES string of the molecule is CSc1ccc(C#CC(O)c2cccc3ccccc23)cc1. The Balaban J connectivity index is 1.90. The van der Waals surface area contributed by atoms with Crippen molar-refractivity contribution in [2.24, 2.45) is 0 Å². The molecule has 0 aliphatic carbocycles. The quantitative estimate of drug-likeness (QED) is 0.549. The van der Waals surface area contributed by atoms with Crippen LogP contribution in [0.5, 0.6) is 0 Å². The average molecular weight is 304 g/mol. The fourth-order valence-electron chi connectivity index (χ4n) is 2.39. The van der Waals surface area contributed by atoms with E-state index in [2.05, 4.69) is 11.8 Å². The molecule has 1 unspecified atom stereocenters. The first kappa shape index (κ1) is 14.7. The molecule has 0 aromatic heterocycles. The highest BCUT2D eigenvalue weighted by atomic mass is 32.2. The zero-order valence-electron chi connectivity index (χ0n) is 12.3. The molecule has 3 aromatic carbocycles. The van der Waals surface area contributed by atoms with E-state index in [1.807, 2.05) is 73.0 Å². The van der Waals surface area contributed by atoms with Gasteiger partial charge in [-0.2, -0.15) is 0 Å². The lowest BCUT2D eigenvalue weighted by Crippen LogP contribution is -1.95. The van der Waals surface area contributed by atoms with E-state index in [-0.39, 0.29) is 0 Å². The second kappa shape index (κ2) is 6.70. The number of hydrogen-bond donors (Lipinski definition) is 1. The molecule has 0 aliphatic heterocycles. The van der Waals surface area contributed by atoms with Gasteiger partial charge in [-0.05, 0) is 41.3 Å². The Labute approximate surface area is 135 Å². The Bertz CT molecular complexity index is 835. The van der Waals surface area contributed by atoms with Crippen LogP contribution in [0, 0.1) is 11.8 Å². The zero-order chi connectivity index (χ0) is 15.4. The predicted octanol–water partition coefficient (Wildman–Crippen LogP) is 4.65. The summed E-state index contributed by atoms with van der Waals surface area (Å²) >= 11 is 1.70. The highest BCUT2D eigenvalue weighted by Crippen LogP contribution is 2.24. The second-order valence-electron chi connectivity index (χ2n) is 4.97. The van der Waals surface area contributed by atoms with Crippen LogP contribution in [0.1, 0.15) is 17.2 Å². The highest BCUT2D eigenvalue weighted by molar-refractivity contribution is 7.98. The van der Waals surface area contributed by atoms with Crippen molar-refractivity contribution >= 4 is 22.5 Å². The monoisotopic (exact) mass is 304 g/mol. The van der Waals surface area contributed by atoms with Crippen molar-refractivity contribution in [1.82, 2.24) is 0 Å². The fraction of sp³-hybridized carbons (Fsp3) is 0.100. The van der Waals surface area contributed by atoms with Gasteiger partial charge in [0.25, 0.3) is 0 Å².